The van der Waals surface area contributed by atoms with Crippen molar-refractivity contribution in [2.45, 2.75) is 19.3 Å². The molecule has 2 aliphatic heterocycles. The van der Waals surface area contributed by atoms with E-state index in [1.807, 2.05) is 6.07 Å². The molecule has 2 aromatic rings. The molecule has 166 valence electrons. The number of likely N-dealkylation sites (N-methyl/N-ethyl adjacent to an activating group) is 1. The molecule has 0 atom stereocenters. The quantitative estimate of drug-likeness (QED) is 0.691. The monoisotopic (exact) mass is 424 g/mol. The fourth-order valence-corrected chi connectivity index (χ4v) is 3.99. The van der Waals surface area contributed by atoms with Crippen LogP contribution in [0.1, 0.15) is 24.6 Å². The summed E-state index contributed by atoms with van der Waals surface area (Å²) in [5.41, 5.74) is 2.41. The van der Waals surface area contributed by atoms with Gasteiger partial charge in [0.2, 0.25) is 11.8 Å². The first-order valence-corrected chi connectivity index (χ1v) is 11.2. The average molecular weight is 425 g/mol. The van der Waals surface area contributed by atoms with Gasteiger partial charge in [0.15, 0.2) is 5.82 Å². The van der Waals surface area contributed by atoms with Gasteiger partial charge in [-0.1, -0.05) is 29.4 Å². The van der Waals surface area contributed by atoms with Crippen LogP contribution in [0.15, 0.2) is 40.9 Å². The van der Waals surface area contributed by atoms with Gasteiger partial charge in [-0.15, -0.1) is 0 Å². The van der Waals surface area contributed by atoms with Gasteiger partial charge in [-0.3, -0.25) is 9.69 Å². The number of nitrogens with one attached hydrogen (secondary N) is 1. The number of nitrogens with zero attached hydrogens (tertiary/aromatic N) is 5. The van der Waals surface area contributed by atoms with Crippen LogP contribution >= 0.6 is 0 Å². The van der Waals surface area contributed by atoms with E-state index in [0.717, 1.165) is 57.8 Å². The van der Waals surface area contributed by atoms with E-state index in [0.29, 0.717) is 31.1 Å². The van der Waals surface area contributed by atoms with Crippen molar-refractivity contribution in [2.75, 3.05) is 64.3 Å². The molecule has 1 aromatic carbocycles. The van der Waals surface area contributed by atoms with Crippen molar-refractivity contribution in [3.05, 3.63) is 48.1 Å². The highest BCUT2D eigenvalue weighted by atomic mass is 16.5. The predicted molar refractivity (Wildman–Crippen MR) is 121 cm³/mol. The van der Waals surface area contributed by atoms with Gasteiger partial charge in [-0.05, 0) is 31.2 Å². The van der Waals surface area contributed by atoms with E-state index < -0.39 is 0 Å². The molecular formula is C23H32N6O2. The van der Waals surface area contributed by atoms with Crippen LogP contribution in [0.5, 0.6) is 0 Å². The Morgan fingerprint density at radius 1 is 1.13 bits per heavy atom. The van der Waals surface area contributed by atoms with Crippen LogP contribution in [0.4, 0.5) is 5.69 Å². The summed E-state index contributed by atoms with van der Waals surface area (Å²) >= 11 is 0. The number of aryl methyl sites for hydroxylation is 1. The zero-order valence-corrected chi connectivity index (χ0v) is 18.3. The van der Waals surface area contributed by atoms with E-state index in [9.17, 15) is 4.79 Å². The number of anilines is 1. The number of hydrogen-bond donors (Lipinski definition) is 1. The molecule has 3 heterocycles. The summed E-state index contributed by atoms with van der Waals surface area (Å²) in [4.78, 5) is 23.7. The summed E-state index contributed by atoms with van der Waals surface area (Å²) in [5.74, 6) is 1.22. The molecule has 2 aliphatic rings. The SMILES string of the molecule is CN1CC=C(c2noc(CCC(=O)NCCN3CCN(c4ccccc4)CC3)n2)CC1. The molecule has 1 aromatic heterocycles. The summed E-state index contributed by atoms with van der Waals surface area (Å²) in [6.45, 7) is 7.51. The Morgan fingerprint density at radius 3 is 2.68 bits per heavy atom. The van der Waals surface area contributed by atoms with Gasteiger partial charge in [-0.2, -0.15) is 4.98 Å². The van der Waals surface area contributed by atoms with E-state index in [1.54, 1.807) is 0 Å². The predicted octanol–water partition coefficient (Wildman–Crippen LogP) is 1.66. The van der Waals surface area contributed by atoms with Crippen LogP contribution in [-0.2, 0) is 11.2 Å². The van der Waals surface area contributed by atoms with Crippen molar-refractivity contribution in [3.63, 3.8) is 0 Å². The molecule has 0 aliphatic carbocycles. The lowest BCUT2D eigenvalue weighted by atomic mass is 10.1. The lowest BCUT2D eigenvalue weighted by molar-refractivity contribution is -0.121. The van der Waals surface area contributed by atoms with Crippen LogP contribution in [0.2, 0.25) is 0 Å². The third-order valence-electron chi connectivity index (χ3n) is 5.98. The second kappa shape index (κ2) is 10.5. The second-order valence-electron chi connectivity index (χ2n) is 8.27. The summed E-state index contributed by atoms with van der Waals surface area (Å²) in [6.07, 6.45) is 3.91. The highest BCUT2D eigenvalue weighted by Crippen LogP contribution is 2.19. The molecule has 1 saturated heterocycles. The van der Waals surface area contributed by atoms with Gasteiger partial charge >= 0.3 is 0 Å². The topological polar surface area (TPSA) is 77.7 Å². The first-order valence-electron chi connectivity index (χ1n) is 11.2. The van der Waals surface area contributed by atoms with Crippen molar-refractivity contribution < 1.29 is 9.32 Å². The Hall–Kier alpha value is -2.71. The molecule has 8 nitrogen and oxygen atoms in total. The maximum Gasteiger partial charge on any atom is 0.227 e. The average Bonchev–Trinajstić information content (AvgIpc) is 3.28. The van der Waals surface area contributed by atoms with Crippen molar-refractivity contribution >= 4 is 17.2 Å². The maximum atomic E-state index is 12.2. The van der Waals surface area contributed by atoms with Crippen molar-refractivity contribution in [1.82, 2.24) is 25.3 Å². The Balaban J connectivity index is 1.12. The van der Waals surface area contributed by atoms with E-state index in [2.05, 4.69) is 67.5 Å². The molecule has 1 amide bonds. The highest BCUT2D eigenvalue weighted by molar-refractivity contribution is 5.76. The fourth-order valence-electron chi connectivity index (χ4n) is 3.99. The zero-order valence-electron chi connectivity index (χ0n) is 18.3. The Labute approximate surface area is 183 Å². The standard InChI is InChI=1S/C23H32N6O2/c1-27-12-9-19(10-13-27)23-25-22(31-26-23)8-7-21(30)24-11-14-28-15-17-29(18-16-28)20-5-3-2-4-6-20/h2-6,9H,7-8,10-18H2,1H3,(H,24,30). The molecule has 1 N–H and O–H groups in total. The summed E-state index contributed by atoms with van der Waals surface area (Å²) in [5, 5.41) is 7.10. The molecule has 31 heavy (non-hydrogen) atoms. The highest BCUT2D eigenvalue weighted by Gasteiger charge is 2.18. The van der Waals surface area contributed by atoms with Gasteiger partial charge in [0.1, 0.15) is 0 Å². The minimum atomic E-state index is 0.0289. The van der Waals surface area contributed by atoms with E-state index in [-0.39, 0.29) is 5.91 Å². The van der Waals surface area contributed by atoms with Crippen molar-refractivity contribution in [2.24, 2.45) is 0 Å². The molecule has 4 rings (SSSR count). The van der Waals surface area contributed by atoms with Crippen LogP contribution < -0.4 is 10.2 Å². The first-order chi connectivity index (χ1) is 15.2. The molecule has 0 bridgehead atoms. The number of carbonyl (C=O) groups excluding carboxylic acids is 1. The van der Waals surface area contributed by atoms with Crippen LogP contribution in [0.3, 0.4) is 0 Å². The number of carbonyl (C=O) groups is 1. The molecule has 8 heteroatoms. The van der Waals surface area contributed by atoms with Crippen LogP contribution in [0.25, 0.3) is 5.57 Å². The third-order valence-corrected chi connectivity index (χ3v) is 5.98. The van der Waals surface area contributed by atoms with Gasteiger partial charge in [-0.25, -0.2) is 0 Å². The van der Waals surface area contributed by atoms with Gasteiger partial charge < -0.3 is 19.6 Å². The van der Waals surface area contributed by atoms with Crippen LogP contribution in [-0.4, -0.2) is 85.3 Å². The molecule has 0 spiro atoms. The Kier molecular flexibility index (Phi) is 7.32. The minimum Gasteiger partial charge on any atom is -0.369 e. The molecule has 0 saturated carbocycles. The minimum absolute atomic E-state index is 0.0289. The number of rotatable bonds is 8. The largest absolute Gasteiger partial charge is 0.369 e. The van der Waals surface area contributed by atoms with Crippen molar-refractivity contribution in [1.29, 1.82) is 0 Å². The summed E-state index contributed by atoms with van der Waals surface area (Å²) in [7, 11) is 2.10. The van der Waals surface area contributed by atoms with E-state index in [4.69, 9.17) is 4.52 Å². The van der Waals surface area contributed by atoms with Crippen molar-refractivity contribution in [3.8, 4) is 0 Å². The second-order valence-corrected chi connectivity index (χ2v) is 8.27. The fraction of sp³-hybridized carbons (Fsp3) is 0.522. The summed E-state index contributed by atoms with van der Waals surface area (Å²) < 4.78 is 5.33. The molecule has 0 radical (unpaired) electrons. The van der Waals surface area contributed by atoms with Gasteiger partial charge in [0, 0.05) is 70.9 Å². The number of aromatic nitrogens is 2. The van der Waals surface area contributed by atoms with Crippen LogP contribution in [0, 0.1) is 0 Å². The van der Waals surface area contributed by atoms with E-state index in [1.165, 1.54) is 5.69 Å². The third kappa shape index (κ3) is 6.15. The number of piperazine rings is 1. The maximum absolute atomic E-state index is 12.2. The molecule has 0 unspecified atom stereocenters. The molecule has 1 fully saturated rings. The van der Waals surface area contributed by atoms with E-state index >= 15 is 0 Å². The number of benzene rings is 1. The molecular weight excluding hydrogens is 392 g/mol. The lowest BCUT2D eigenvalue weighted by Crippen LogP contribution is -2.48. The Morgan fingerprint density at radius 2 is 1.94 bits per heavy atom. The lowest BCUT2D eigenvalue weighted by Gasteiger charge is -2.36. The zero-order chi connectivity index (χ0) is 21.5. The number of hydrogen-bond acceptors (Lipinski definition) is 7. The smallest absolute Gasteiger partial charge is 0.227 e. The Bertz CT molecular complexity index is 873. The first kappa shape index (κ1) is 21.5. The number of para-hydroxylation sites is 1. The van der Waals surface area contributed by atoms with Gasteiger partial charge in [0.05, 0.1) is 0 Å². The summed E-state index contributed by atoms with van der Waals surface area (Å²) in [6, 6.07) is 10.5. The number of amides is 1. The normalized spacial score (nSPS) is 18.1. The van der Waals surface area contributed by atoms with Gasteiger partial charge in [0.25, 0.3) is 0 Å².